The van der Waals surface area contributed by atoms with Gasteiger partial charge in [-0.1, -0.05) is 24.9 Å². The Kier molecular flexibility index (Phi) is 4.34. The van der Waals surface area contributed by atoms with Gasteiger partial charge in [-0.2, -0.15) is 4.98 Å². The fourth-order valence-electron chi connectivity index (χ4n) is 1.86. The molecule has 0 spiro atoms. The Hall–Kier alpha value is -1.66. The highest BCUT2D eigenvalue weighted by Crippen LogP contribution is 2.22. The standard InChI is InChI=1S/C12H16ClN5O/c1-2-3-8(6-19)16-11-10-9(17-12(14)18-11)4-7(13)5-15-10/h4-5,8,19H,2-3,6H2,1H3,(H3,14,16,17,18). The van der Waals surface area contributed by atoms with E-state index in [4.69, 9.17) is 17.3 Å². The molecule has 2 aromatic heterocycles. The van der Waals surface area contributed by atoms with Crippen LogP contribution in [0.2, 0.25) is 5.02 Å². The largest absolute Gasteiger partial charge is 0.394 e. The van der Waals surface area contributed by atoms with Crippen LogP contribution in [0.3, 0.4) is 0 Å². The molecule has 6 nitrogen and oxygen atoms in total. The van der Waals surface area contributed by atoms with Crippen LogP contribution in [0.1, 0.15) is 19.8 Å². The first kappa shape index (κ1) is 13.8. The van der Waals surface area contributed by atoms with Crippen molar-refractivity contribution in [3.63, 3.8) is 0 Å². The third kappa shape index (κ3) is 3.21. The van der Waals surface area contributed by atoms with Crippen molar-refractivity contribution in [3.8, 4) is 0 Å². The summed E-state index contributed by atoms with van der Waals surface area (Å²) in [6.07, 6.45) is 3.31. The molecular formula is C12H16ClN5O. The molecule has 0 aliphatic heterocycles. The van der Waals surface area contributed by atoms with Crippen LogP contribution in [0.5, 0.6) is 0 Å². The third-order valence-electron chi connectivity index (χ3n) is 2.72. The van der Waals surface area contributed by atoms with E-state index in [1.54, 1.807) is 6.07 Å². The van der Waals surface area contributed by atoms with Crippen LogP contribution in [0.25, 0.3) is 11.0 Å². The van der Waals surface area contributed by atoms with Gasteiger partial charge in [-0.25, -0.2) is 9.97 Å². The van der Waals surface area contributed by atoms with E-state index < -0.39 is 0 Å². The van der Waals surface area contributed by atoms with Crippen LogP contribution >= 0.6 is 11.6 Å². The lowest BCUT2D eigenvalue weighted by Gasteiger charge is -2.17. The molecule has 7 heteroatoms. The van der Waals surface area contributed by atoms with Gasteiger partial charge in [-0.05, 0) is 12.5 Å². The fraction of sp³-hybridized carbons (Fsp3) is 0.417. The van der Waals surface area contributed by atoms with Gasteiger partial charge in [0.25, 0.3) is 0 Å². The molecule has 0 fully saturated rings. The van der Waals surface area contributed by atoms with E-state index in [-0.39, 0.29) is 18.6 Å². The first-order valence-electron chi connectivity index (χ1n) is 6.10. The summed E-state index contributed by atoms with van der Waals surface area (Å²) < 4.78 is 0. The number of aliphatic hydroxyl groups excluding tert-OH is 1. The quantitative estimate of drug-likeness (QED) is 0.774. The van der Waals surface area contributed by atoms with Crippen molar-refractivity contribution in [1.82, 2.24) is 15.0 Å². The average Bonchev–Trinajstić information content (AvgIpc) is 2.37. The smallest absolute Gasteiger partial charge is 0.222 e. The SMILES string of the molecule is CCCC(CO)Nc1nc(N)nc2cc(Cl)cnc12. The van der Waals surface area contributed by atoms with Crippen molar-refractivity contribution >= 4 is 34.4 Å². The normalized spacial score (nSPS) is 12.6. The minimum atomic E-state index is -0.0834. The number of fused-ring (bicyclic) bond motifs is 1. The zero-order valence-electron chi connectivity index (χ0n) is 10.6. The summed E-state index contributed by atoms with van der Waals surface area (Å²) in [5.41, 5.74) is 6.84. The molecular weight excluding hydrogens is 266 g/mol. The van der Waals surface area contributed by atoms with Crippen molar-refractivity contribution < 1.29 is 5.11 Å². The van der Waals surface area contributed by atoms with Crippen LogP contribution < -0.4 is 11.1 Å². The number of nitrogen functional groups attached to an aromatic ring is 1. The van der Waals surface area contributed by atoms with Gasteiger partial charge in [0.15, 0.2) is 5.82 Å². The highest BCUT2D eigenvalue weighted by molar-refractivity contribution is 6.31. The lowest BCUT2D eigenvalue weighted by atomic mass is 10.2. The molecule has 0 saturated heterocycles. The molecule has 1 atom stereocenters. The Bertz CT molecular complexity index is 572. The summed E-state index contributed by atoms with van der Waals surface area (Å²) in [5, 5.41) is 13.0. The number of rotatable bonds is 5. The maximum atomic E-state index is 9.33. The van der Waals surface area contributed by atoms with Crippen LogP contribution in [0, 0.1) is 0 Å². The molecule has 2 rings (SSSR count). The minimum absolute atomic E-state index is 0.0207. The van der Waals surface area contributed by atoms with Gasteiger partial charge < -0.3 is 16.2 Å². The molecule has 0 amide bonds. The van der Waals surface area contributed by atoms with E-state index in [9.17, 15) is 5.11 Å². The van der Waals surface area contributed by atoms with Gasteiger partial charge in [0, 0.05) is 6.20 Å². The number of aliphatic hydroxyl groups is 1. The molecule has 102 valence electrons. The summed E-state index contributed by atoms with van der Waals surface area (Å²) in [6, 6.07) is 1.60. The monoisotopic (exact) mass is 281 g/mol. The Morgan fingerprint density at radius 1 is 1.47 bits per heavy atom. The van der Waals surface area contributed by atoms with E-state index in [1.165, 1.54) is 6.20 Å². The van der Waals surface area contributed by atoms with Crippen LogP contribution in [-0.2, 0) is 0 Å². The molecule has 1 unspecified atom stereocenters. The lowest BCUT2D eigenvalue weighted by molar-refractivity contribution is 0.268. The summed E-state index contributed by atoms with van der Waals surface area (Å²) in [6.45, 7) is 2.07. The molecule has 0 aliphatic carbocycles. The van der Waals surface area contributed by atoms with E-state index in [1.807, 2.05) is 0 Å². The second kappa shape index (κ2) is 5.99. The number of halogens is 1. The number of hydrogen-bond donors (Lipinski definition) is 3. The highest BCUT2D eigenvalue weighted by atomic mass is 35.5. The van der Waals surface area contributed by atoms with Crippen LogP contribution in [0.15, 0.2) is 12.3 Å². The van der Waals surface area contributed by atoms with E-state index >= 15 is 0 Å². The first-order chi connectivity index (χ1) is 9.13. The Balaban J connectivity index is 2.41. The minimum Gasteiger partial charge on any atom is -0.394 e. The maximum absolute atomic E-state index is 9.33. The van der Waals surface area contributed by atoms with Gasteiger partial charge in [0.2, 0.25) is 5.95 Å². The lowest BCUT2D eigenvalue weighted by Crippen LogP contribution is -2.24. The number of hydrogen-bond acceptors (Lipinski definition) is 6. The summed E-state index contributed by atoms with van der Waals surface area (Å²) in [4.78, 5) is 12.4. The van der Waals surface area contributed by atoms with Gasteiger partial charge in [-0.15, -0.1) is 0 Å². The summed E-state index contributed by atoms with van der Waals surface area (Å²) >= 11 is 5.88. The fourth-order valence-corrected chi connectivity index (χ4v) is 2.02. The predicted molar refractivity (Wildman–Crippen MR) is 76.2 cm³/mol. The number of nitrogens with two attached hydrogens (primary N) is 1. The second-order valence-corrected chi connectivity index (χ2v) is 4.70. The molecule has 0 saturated carbocycles. The third-order valence-corrected chi connectivity index (χ3v) is 2.92. The van der Waals surface area contributed by atoms with Crippen LogP contribution in [0.4, 0.5) is 11.8 Å². The molecule has 0 aliphatic rings. The Morgan fingerprint density at radius 2 is 2.26 bits per heavy atom. The predicted octanol–water partition coefficient (Wildman–Crippen LogP) is 1.83. The summed E-state index contributed by atoms with van der Waals surface area (Å²) in [7, 11) is 0. The van der Waals surface area contributed by atoms with E-state index in [2.05, 4.69) is 27.2 Å². The maximum Gasteiger partial charge on any atom is 0.222 e. The van der Waals surface area contributed by atoms with Gasteiger partial charge in [-0.3, -0.25) is 0 Å². The molecule has 0 radical (unpaired) electrons. The molecule has 0 aromatic carbocycles. The molecule has 4 N–H and O–H groups in total. The van der Waals surface area contributed by atoms with E-state index in [0.29, 0.717) is 21.9 Å². The number of aromatic nitrogens is 3. The van der Waals surface area contributed by atoms with Crippen molar-refractivity contribution in [1.29, 1.82) is 0 Å². The highest BCUT2D eigenvalue weighted by Gasteiger charge is 2.12. The Labute approximate surface area is 116 Å². The van der Waals surface area contributed by atoms with Crippen molar-refractivity contribution in [2.45, 2.75) is 25.8 Å². The van der Waals surface area contributed by atoms with Crippen molar-refractivity contribution in [2.75, 3.05) is 17.7 Å². The molecule has 2 aromatic rings. The van der Waals surface area contributed by atoms with Crippen molar-refractivity contribution in [3.05, 3.63) is 17.3 Å². The van der Waals surface area contributed by atoms with Gasteiger partial charge in [0.05, 0.1) is 23.2 Å². The number of nitrogens with zero attached hydrogens (tertiary/aromatic N) is 3. The number of anilines is 2. The summed E-state index contributed by atoms with van der Waals surface area (Å²) in [5.74, 6) is 0.666. The molecule has 19 heavy (non-hydrogen) atoms. The Morgan fingerprint density at radius 3 is 2.95 bits per heavy atom. The average molecular weight is 282 g/mol. The van der Waals surface area contributed by atoms with Crippen LogP contribution in [-0.4, -0.2) is 32.7 Å². The second-order valence-electron chi connectivity index (χ2n) is 4.26. The zero-order valence-corrected chi connectivity index (χ0v) is 11.4. The van der Waals surface area contributed by atoms with E-state index in [0.717, 1.165) is 12.8 Å². The van der Waals surface area contributed by atoms with Gasteiger partial charge >= 0.3 is 0 Å². The van der Waals surface area contributed by atoms with Crippen molar-refractivity contribution in [2.24, 2.45) is 0 Å². The first-order valence-corrected chi connectivity index (χ1v) is 6.48. The number of pyridine rings is 1. The number of nitrogens with one attached hydrogen (secondary N) is 1. The molecule has 0 bridgehead atoms. The zero-order chi connectivity index (χ0) is 13.8. The van der Waals surface area contributed by atoms with Gasteiger partial charge in [0.1, 0.15) is 5.52 Å². The topological polar surface area (TPSA) is 97.0 Å². The molecule has 2 heterocycles.